The van der Waals surface area contributed by atoms with Crippen LogP contribution in [0.2, 0.25) is 0 Å². The number of aromatic nitrogens is 2. The van der Waals surface area contributed by atoms with Crippen LogP contribution in [0.5, 0.6) is 0 Å². The molecule has 3 nitrogen and oxygen atoms in total. The van der Waals surface area contributed by atoms with Crippen LogP contribution in [-0.4, -0.2) is 22.6 Å². The predicted molar refractivity (Wildman–Crippen MR) is 69.0 cm³/mol. The average Bonchev–Trinajstić information content (AvgIpc) is 2.83. The normalized spacial score (nSPS) is 19.9. The molecule has 2 heterocycles. The van der Waals surface area contributed by atoms with Gasteiger partial charge in [-0.15, -0.1) is 0 Å². The Morgan fingerprint density at radius 2 is 2.29 bits per heavy atom. The van der Waals surface area contributed by atoms with Gasteiger partial charge in [-0.1, -0.05) is 11.6 Å². The maximum Gasteiger partial charge on any atom is 0.116 e. The quantitative estimate of drug-likeness (QED) is 0.855. The lowest BCUT2D eigenvalue weighted by molar-refractivity contribution is 0.597. The zero-order valence-electron chi connectivity index (χ0n) is 10.1. The first-order chi connectivity index (χ1) is 8.33. The molecule has 1 aliphatic heterocycles. The molecule has 2 aromatic rings. The zero-order valence-corrected chi connectivity index (χ0v) is 10.1. The van der Waals surface area contributed by atoms with Crippen molar-refractivity contribution in [2.24, 2.45) is 0 Å². The van der Waals surface area contributed by atoms with E-state index in [1.165, 1.54) is 29.5 Å². The summed E-state index contributed by atoms with van der Waals surface area (Å²) in [6.45, 7) is 3.26. The molecule has 1 aromatic heterocycles. The standard InChI is InChI=1S/C14H17N3/c1-10-4-5-13-12(7-10)14(17-9-16-13)8-11-3-2-6-15-11/h4-5,7,9,11,15H,2-3,6,8H2,1H3. The van der Waals surface area contributed by atoms with E-state index < -0.39 is 0 Å². The maximum atomic E-state index is 4.46. The van der Waals surface area contributed by atoms with Crippen LogP contribution in [0.3, 0.4) is 0 Å². The molecule has 88 valence electrons. The molecular weight excluding hydrogens is 210 g/mol. The Morgan fingerprint density at radius 1 is 1.35 bits per heavy atom. The Bertz CT molecular complexity index is 530. The van der Waals surface area contributed by atoms with E-state index in [9.17, 15) is 0 Å². The summed E-state index contributed by atoms with van der Waals surface area (Å²) in [5.41, 5.74) is 3.50. The maximum absolute atomic E-state index is 4.46. The van der Waals surface area contributed by atoms with Gasteiger partial charge in [-0.25, -0.2) is 9.97 Å². The summed E-state index contributed by atoms with van der Waals surface area (Å²) < 4.78 is 0. The van der Waals surface area contributed by atoms with E-state index in [-0.39, 0.29) is 0 Å². The first-order valence-corrected chi connectivity index (χ1v) is 6.26. The van der Waals surface area contributed by atoms with E-state index in [0.29, 0.717) is 6.04 Å². The number of nitrogens with one attached hydrogen (secondary N) is 1. The van der Waals surface area contributed by atoms with Crippen molar-refractivity contribution in [3.8, 4) is 0 Å². The van der Waals surface area contributed by atoms with E-state index in [1.54, 1.807) is 6.33 Å². The number of benzene rings is 1. The van der Waals surface area contributed by atoms with Gasteiger partial charge in [-0.05, 0) is 38.4 Å². The Kier molecular flexibility index (Phi) is 2.77. The number of hydrogen-bond donors (Lipinski definition) is 1. The van der Waals surface area contributed by atoms with Gasteiger partial charge in [0, 0.05) is 17.8 Å². The van der Waals surface area contributed by atoms with Crippen molar-refractivity contribution in [2.45, 2.75) is 32.2 Å². The molecule has 0 saturated carbocycles. The molecule has 0 radical (unpaired) electrons. The monoisotopic (exact) mass is 227 g/mol. The summed E-state index contributed by atoms with van der Waals surface area (Å²) in [6, 6.07) is 6.97. The van der Waals surface area contributed by atoms with Crippen LogP contribution in [0, 0.1) is 6.92 Å². The Balaban J connectivity index is 1.99. The predicted octanol–water partition coefficient (Wildman–Crippen LogP) is 2.23. The fourth-order valence-electron chi connectivity index (χ4n) is 2.55. The lowest BCUT2D eigenvalue weighted by atomic mass is 10.0. The summed E-state index contributed by atoms with van der Waals surface area (Å²) in [7, 11) is 0. The first-order valence-electron chi connectivity index (χ1n) is 6.26. The minimum atomic E-state index is 0.591. The molecule has 1 aromatic carbocycles. The second-order valence-corrected chi connectivity index (χ2v) is 4.84. The van der Waals surface area contributed by atoms with Crippen LogP contribution < -0.4 is 5.32 Å². The summed E-state index contributed by atoms with van der Waals surface area (Å²) in [5.74, 6) is 0. The highest BCUT2D eigenvalue weighted by Gasteiger charge is 2.16. The van der Waals surface area contributed by atoms with Crippen molar-refractivity contribution in [3.63, 3.8) is 0 Å². The van der Waals surface area contributed by atoms with Crippen molar-refractivity contribution in [1.29, 1.82) is 0 Å². The lowest BCUT2D eigenvalue weighted by Gasteiger charge is -2.11. The number of aryl methyl sites for hydroxylation is 1. The van der Waals surface area contributed by atoms with E-state index in [1.807, 2.05) is 0 Å². The zero-order chi connectivity index (χ0) is 11.7. The number of nitrogens with zero attached hydrogens (tertiary/aromatic N) is 2. The second-order valence-electron chi connectivity index (χ2n) is 4.84. The lowest BCUT2D eigenvalue weighted by Crippen LogP contribution is -2.24. The molecule has 17 heavy (non-hydrogen) atoms. The van der Waals surface area contributed by atoms with E-state index >= 15 is 0 Å². The molecule has 1 unspecified atom stereocenters. The number of rotatable bonds is 2. The van der Waals surface area contributed by atoms with Crippen LogP contribution in [-0.2, 0) is 6.42 Å². The van der Waals surface area contributed by atoms with Crippen molar-refractivity contribution >= 4 is 10.9 Å². The van der Waals surface area contributed by atoms with Gasteiger partial charge in [-0.3, -0.25) is 0 Å². The third-order valence-electron chi connectivity index (χ3n) is 3.48. The Hall–Kier alpha value is -1.48. The van der Waals surface area contributed by atoms with Crippen LogP contribution >= 0.6 is 0 Å². The van der Waals surface area contributed by atoms with Gasteiger partial charge in [0.1, 0.15) is 6.33 Å². The molecule has 1 fully saturated rings. The molecule has 0 amide bonds. The van der Waals surface area contributed by atoms with Gasteiger partial charge < -0.3 is 5.32 Å². The van der Waals surface area contributed by atoms with Crippen LogP contribution in [0.1, 0.15) is 24.1 Å². The fourth-order valence-corrected chi connectivity index (χ4v) is 2.55. The smallest absolute Gasteiger partial charge is 0.116 e. The SMILES string of the molecule is Cc1ccc2ncnc(CC3CCCN3)c2c1. The molecule has 1 atom stereocenters. The third kappa shape index (κ3) is 2.15. The second kappa shape index (κ2) is 4.41. The van der Waals surface area contributed by atoms with Crippen molar-refractivity contribution in [2.75, 3.05) is 6.54 Å². The summed E-state index contributed by atoms with van der Waals surface area (Å²) in [4.78, 5) is 8.79. The largest absolute Gasteiger partial charge is 0.314 e. The Morgan fingerprint density at radius 3 is 3.12 bits per heavy atom. The van der Waals surface area contributed by atoms with Crippen LogP contribution in [0.15, 0.2) is 24.5 Å². The molecule has 0 bridgehead atoms. The topological polar surface area (TPSA) is 37.8 Å². The molecule has 3 heteroatoms. The van der Waals surface area contributed by atoms with Crippen LogP contribution in [0.25, 0.3) is 10.9 Å². The highest BCUT2D eigenvalue weighted by atomic mass is 14.9. The van der Waals surface area contributed by atoms with E-state index in [0.717, 1.165) is 18.5 Å². The summed E-state index contributed by atoms with van der Waals surface area (Å²) >= 11 is 0. The van der Waals surface area contributed by atoms with E-state index in [4.69, 9.17) is 0 Å². The highest BCUT2D eigenvalue weighted by Crippen LogP contribution is 2.19. The van der Waals surface area contributed by atoms with Crippen molar-refractivity contribution < 1.29 is 0 Å². The molecule has 0 aliphatic carbocycles. The van der Waals surface area contributed by atoms with Gasteiger partial charge in [-0.2, -0.15) is 0 Å². The number of fused-ring (bicyclic) bond motifs is 1. The highest BCUT2D eigenvalue weighted by molar-refractivity contribution is 5.81. The minimum Gasteiger partial charge on any atom is -0.314 e. The Labute approximate surface area is 101 Å². The third-order valence-corrected chi connectivity index (χ3v) is 3.48. The van der Waals surface area contributed by atoms with Gasteiger partial charge in [0.05, 0.1) is 11.2 Å². The fraction of sp³-hybridized carbons (Fsp3) is 0.429. The van der Waals surface area contributed by atoms with Gasteiger partial charge in [0.15, 0.2) is 0 Å². The molecule has 1 aliphatic rings. The molecule has 1 saturated heterocycles. The van der Waals surface area contributed by atoms with E-state index in [2.05, 4.69) is 40.4 Å². The number of hydrogen-bond acceptors (Lipinski definition) is 3. The van der Waals surface area contributed by atoms with Gasteiger partial charge >= 0.3 is 0 Å². The van der Waals surface area contributed by atoms with Crippen molar-refractivity contribution in [3.05, 3.63) is 35.8 Å². The summed E-state index contributed by atoms with van der Waals surface area (Å²) in [6.07, 6.45) is 5.24. The van der Waals surface area contributed by atoms with Gasteiger partial charge in [0.2, 0.25) is 0 Å². The summed E-state index contributed by atoms with van der Waals surface area (Å²) in [5, 5.41) is 4.73. The molecule has 0 spiro atoms. The molecule has 1 N–H and O–H groups in total. The first kappa shape index (κ1) is 10.7. The average molecular weight is 227 g/mol. The van der Waals surface area contributed by atoms with Gasteiger partial charge in [0.25, 0.3) is 0 Å². The minimum absolute atomic E-state index is 0.591. The molecule has 3 rings (SSSR count). The van der Waals surface area contributed by atoms with Crippen LogP contribution in [0.4, 0.5) is 0 Å². The molecular formula is C14H17N3. The van der Waals surface area contributed by atoms with Crippen molar-refractivity contribution in [1.82, 2.24) is 15.3 Å².